The van der Waals surface area contributed by atoms with E-state index in [4.69, 9.17) is 16.3 Å². The van der Waals surface area contributed by atoms with Gasteiger partial charge in [0.05, 0.1) is 19.9 Å². The normalized spacial score (nSPS) is 10.7. The van der Waals surface area contributed by atoms with Crippen LogP contribution >= 0.6 is 11.6 Å². The topological polar surface area (TPSA) is 56.1 Å². The number of aromatic nitrogens is 2. The Kier molecular flexibility index (Phi) is 5.46. The molecule has 0 aliphatic rings. The maximum atomic E-state index is 13.7. The molecule has 0 amide bonds. The third-order valence-electron chi connectivity index (χ3n) is 4.09. The van der Waals surface area contributed by atoms with Crippen molar-refractivity contribution in [3.05, 3.63) is 80.5 Å². The summed E-state index contributed by atoms with van der Waals surface area (Å²) in [4.78, 5) is 16.2. The second-order valence-corrected chi connectivity index (χ2v) is 6.72. The van der Waals surface area contributed by atoms with Gasteiger partial charge in [0, 0.05) is 10.7 Å². The molecule has 140 valence electrons. The van der Waals surface area contributed by atoms with Gasteiger partial charge in [-0.05, 0) is 49.2 Å². The van der Waals surface area contributed by atoms with Crippen LogP contribution in [0.5, 0.6) is 5.75 Å². The van der Waals surface area contributed by atoms with Gasteiger partial charge in [0.15, 0.2) is 0 Å². The number of nitrogens with one attached hydrogen (secondary N) is 1. The fourth-order valence-electron chi connectivity index (χ4n) is 2.81. The zero-order valence-corrected chi connectivity index (χ0v) is 16.0. The number of hydrogen-bond donors (Lipinski definition) is 1. The van der Waals surface area contributed by atoms with E-state index >= 15 is 0 Å². The van der Waals surface area contributed by atoms with Gasteiger partial charge >= 0.3 is 5.56 Å². The van der Waals surface area contributed by atoms with E-state index in [0.717, 1.165) is 16.8 Å². The lowest BCUT2D eigenvalue weighted by Crippen LogP contribution is -2.19. The molecule has 1 N–H and O–H groups in total. The summed E-state index contributed by atoms with van der Waals surface area (Å²) in [6, 6.07) is 10.2. The summed E-state index contributed by atoms with van der Waals surface area (Å²) in [5, 5.41) is 3.48. The highest BCUT2D eigenvalue weighted by molar-refractivity contribution is 6.30. The summed E-state index contributed by atoms with van der Waals surface area (Å²) in [6.45, 7) is 4.23. The Labute approximate surface area is 161 Å². The summed E-state index contributed by atoms with van der Waals surface area (Å²) in [6.07, 6.45) is 1.54. The van der Waals surface area contributed by atoms with Crippen LogP contribution in [0.15, 0.2) is 47.4 Å². The number of hydrogen-bond acceptors (Lipinski definition) is 4. The van der Waals surface area contributed by atoms with Gasteiger partial charge in [-0.3, -0.25) is 4.79 Å². The molecule has 7 heteroatoms. The zero-order valence-electron chi connectivity index (χ0n) is 15.2. The van der Waals surface area contributed by atoms with Crippen molar-refractivity contribution in [2.24, 2.45) is 0 Å². The zero-order chi connectivity index (χ0) is 19.6. The highest BCUT2D eigenvalue weighted by atomic mass is 35.5. The minimum Gasteiger partial charge on any atom is -0.490 e. The van der Waals surface area contributed by atoms with E-state index in [-0.39, 0.29) is 12.3 Å². The van der Waals surface area contributed by atoms with Gasteiger partial charge in [-0.15, -0.1) is 0 Å². The fourth-order valence-corrected chi connectivity index (χ4v) is 3.05. The molecule has 0 saturated carbocycles. The Balaban J connectivity index is 2.04. The largest absolute Gasteiger partial charge is 0.490 e. The molecule has 2 aromatic carbocycles. The third-order valence-corrected chi connectivity index (χ3v) is 4.31. The molecule has 0 saturated heterocycles. The summed E-state index contributed by atoms with van der Waals surface area (Å²) in [5.74, 6) is -0.000766. The second-order valence-electron chi connectivity index (χ2n) is 6.29. The van der Waals surface area contributed by atoms with Crippen LogP contribution in [0.1, 0.15) is 16.7 Å². The van der Waals surface area contributed by atoms with Crippen LogP contribution in [-0.2, 0) is 6.54 Å². The van der Waals surface area contributed by atoms with Gasteiger partial charge in [0.1, 0.15) is 5.82 Å². The molecular weight excluding hydrogens is 369 g/mol. The van der Waals surface area contributed by atoms with E-state index in [2.05, 4.69) is 10.3 Å². The van der Waals surface area contributed by atoms with Crippen LogP contribution in [0.25, 0.3) is 0 Å². The number of ether oxygens (including phenoxy) is 1. The minimum absolute atomic E-state index is 0.101. The maximum absolute atomic E-state index is 13.7. The van der Waals surface area contributed by atoms with Crippen molar-refractivity contribution in [1.82, 2.24) is 9.55 Å². The summed E-state index contributed by atoms with van der Waals surface area (Å²) < 4.78 is 20.5. The van der Waals surface area contributed by atoms with E-state index in [0.29, 0.717) is 16.5 Å². The van der Waals surface area contributed by atoms with Crippen LogP contribution < -0.4 is 15.6 Å². The monoisotopic (exact) mass is 387 g/mol. The van der Waals surface area contributed by atoms with Crippen molar-refractivity contribution in [2.75, 3.05) is 12.4 Å². The standard InChI is InChI=1S/C20H19ClFN3O2/c1-12-4-5-17(13(2)6-12)23-20-24-19(26)18(27-3)11-25(20)10-14-7-15(21)9-16(22)8-14/h4-9,11H,10H2,1-3H3,(H,23,24,26). The number of nitrogens with zero attached hydrogens (tertiary/aromatic N) is 2. The van der Waals surface area contributed by atoms with Gasteiger partial charge in [-0.25, -0.2) is 4.39 Å². The average Bonchev–Trinajstić information content (AvgIpc) is 2.58. The number of aryl methyl sites for hydroxylation is 2. The van der Waals surface area contributed by atoms with E-state index < -0.39 is 11.4 Å². The van der Waals surface area contributed by atoms with Gasteiger partial charge in [0.2, 0.25) is 11.7 Å². The molecule has 0 fully saturated rings. The highest BCUT2D eigenvalue weighted by Crippen LogP contribution is 2.22. The number of benzene rings is 2. The van der Waals surface area contributed by atoms with Gasteiger partial charge in [-0.2, -0.15) is 4.98 Å². The Morgan fingerprint density at radius 3 is 2.67 bits per heavy atom. The molecule has 0 bridgehead atoms. The van der Waals surface area contributed by atoms with Gasteiger partial charge < -0.3 is 14.6 Å². The smallest absolute Gasteiger partial charge is 0.316 e. The predicted octanol–water partition coefficient (Wildman–Crippen LogP) is 4.45. The first-order chi connectivity index (χ1) is 12.9. The van der Waals surface area contributed by atoms with Crippen molar-refractivity contribution >= 4 is 23.2 Å². The molecule has 0 atom stereocenters. The lowest BCUT2D eigenvalue weighted by Gasteiger charge is -2.16. The molecule has 5 nitrogen and oxygen atoms in total. The first kappa shape index (κ1) is 18.9. The van der Waals surface area contributed by atoms with Crippen LogP contribution in [0.2, 0.25) is 5.02 Å². The minimum atomic E-state index is -0.488. The lowest BCUT2D eigenvalue weighted by molar-refractivity contribution is 0.402. The number of rotatable bonds is 5. The first-order valence-corrected chi connectivity index (χ1v) is 8.68. The molecule has 0 unspecified atom stereocenters. The van der Waals surface area contributed by atoms with Crippen molar-refractivity contribution in [3.63, 3.8) is 0 Å². The Hall–Kier alpha value is -2.86. The summed E-state index contributed by atoms with van der Waals surface area (Å²) in [7, 11) is 1.40. The van der Waals surface area contributed by atoms with E-state index in [1.54, 1.807) is 16.8 Å². The molecule has 1 aromatic heterocycles. The lowest BCUT2D eigenvalue weighted by atomic mass is 10.1. The van der Waals surface area contributed by atoms with Crippen molar-refractivity contribution < 1.29 is 9.13 Å². The third kappa shape index (κ3) is 4.46. The molecular formula is C20H19ClFN3O2. The molecule has 3 rings (SSSR count). The van der Waals surface area contributed by atoms with Crippen LogP contribution in [-0.4, -0.2) is 16.7 Å². The van der Waals surface area contributed by atoms with Crippen molar-refractivity contribution in [1.29, 1.82) is 0 Å². The predicted molar refractivity (Wildman–Crippen MR) is 105 cm³/mol. The molecule has 0 aliphatic heterocycles. The molecule has 0 spiro atoms. The average molecular weight is 388 g/mol. The molecule has 0 radical (unpaired) electrons. The number of anilines is 2. The van der Waals surface area contributed by atoms with Gasteiger partial charge in [-0.1, -0.05) is 29.3 Å². The molecule has 27 heavy (non-hydrogen) atoms. The SMILES string of the molecule is COc1cn(Cc2cc(F)cc(Cl)c2)c(Nc2ccc(C)cc2C)nc1=O. The fraction of sp³-hybridized carbons (Fsp3) is 0.200. The van der Waals surface area contributed by atoms with Crippen LogP contribution in [0, 0.1) is 19.7 Å². The molecule has 3 aromatic rings. The van der Waals surface area contributed by atoms with Crippen molar-refractivity contribution in [2.45, 2.75) is 20.4 Å². The summed E-state index contributed by atoms with van der Waals surface area (Å²) in [5.41, 5.74) is 3.12. The van der Waals surface area contributed by atoms with Gasteiger partial charge in [0.25, 0.3) is 0 Å². The Bertz CT molecular complexity index is 1030. The van der Waals surface area contributed by atoms with Crippen molar-refractivity contribution in [3.8, 4) is 5.75 Å². The first-order valence-electron chi connectivity index (χ1n) is 8.30. The quantitative estimate of drug-likeness (QED) is 0.702. The second kappa shape index (κ2) is 7.80. The Morgan fingerprint density at radius 1 is 1.22 bits per heavy atom. The molecule has 1 heterocycles. The Morgan fingerprint density at radius 2 is 2.00 bits per heavy atom. The highest BCUT2D eigenvalue weighted by Gasteiger charge is 2.12. The van der Waals surface area contributed by atoms with E-state index in [1.807, 2.05) is 32.0 Å². The summed E-state index contributed by atoms with van der Waals surface area (Å²) >= 11 is 5.95. The molecule has 0 aliphatic carbocycles. The van der Waals surface area contributed by atoms with Crippen LogP contribution in [0.4, 0.5) is 16.0 Å². The van der Waals surface area contributed by atoms with E-state index in [9.17, 15) is 9.18 Å². The van der Waals surface area contributed by atoms with Crippen LogP contribution in [0.3, 0.4) is 0 Å². The number of halogens is 2. The number of methoxy groups -OCH3 is 1. The van der Waals surface area contributed by atoms with E-state index in [1.165, 1.54) is 19.2 Å². The maximum Gasteiger partial charge on any atom is 0.316 e.